The smallest absolute Gasteiger partial charge is 0.295 e. The first-order valence-electron chi connectivity index (χ1n) is 6.18. The first kappa shape index (κ1) is 12.7. The van der Waals surface area contributed by atoms with E-state index < -0.39 is 0 Å². The molecule has 0 saturated carbocycles. The van der Waals surface area contributed by atoms with E-state index in [1.54, 1.807) is 13.2 Å². The van der Waals surface area contributed by atoms with Gasteiger partial charge in [0.25, 0.3) is 6.01 Å². The number of fused-ring (bicyclic) bond motifs is 1. The molecule has 0 fully saturated rings. The second kappa shape index (κ2) is 6.26. The minimum absolute atomic E-state index is 0.558. The van der Waals surface area contributed by atoms with Crippen molar-refractivity contribution in [3.63, 3.8) is 0 Å². The van der Waals surface area contributed by atoms with Crippen molar-refractivity contribution >= 4 is 22.8 Å². The molecule has 0 bridgehead atoms. The van der Waals surface area contributed by atoms with Crippen LogP contribution in [0.25, 0.3) is 11.1 Å². The van der Waals surface area contributed by atoms with Gasteiger partial charge >= 0.3 is 0 Å². The van der Waals surface area contributed by atoms with Crippen LogP contribution in [0.15, 0.2) is 22.6 Å². The van der Waals surface area contributed by atoms with Gasteiger partial charge in [0.2, 0.25) is 0 Å². The predicted molar refractivity (Wildman–Crippen MR) is 72.6 cm³/mol. The summed E-state index contributed by atoms with van der Waals surface area (Å²) < 4.78 is 10.5. The van der Waals surface area contributed by atoms with Gasteiger partial charge in [-0.15, -0.1) is 0 Å². The summed E-state index contributed by atoms with van der Waals surface area (Å²) in [7, 11) is 1.72. The number of methoxy groups -OCH3 is 1. The monoisotopic (exact) mass is 249 g/mol. The molecule has 0 aliphatic carbocycles. The lowest BCUT2D eigenvalue weighted by molar-refractivity contribution is 0.192. The molecule has 1 heterocycles. The maximum atomic E-state index is 5.68. The van der Waals surface area contributed by atoms with Crippen LogP contribution in [-0.2, 0) is 4.74 Å². The van der Waals surface area contributed by atoms with Gasteiger partial charge in [0.15, 0.2) is 5.58 Å². The van der Waals surface area contributed by atoms with Crippen LogP contribution in [0.5, 0.6) is 0 Å². The van der Waals surface area contributed by atoms with Gasteiger partial charge in [-0.3, -0.25) is 0 Å². The summed E-state index contributed by atoms with van der Waals surface area (Å²) in [5.41, 5.74) is 7.91. The van der Waals surface area contributed by atoms with E-state index in [1.807, 2.05) is 12.1 Å². The summed E-state index contributed by atoms with van der Waals surface area (Å²) >= 11 is 0. The highest BCUT2D eigenvalue weighted by Gasteiger charge is 2.04. The highest BCUT2D eigenvalue weighted by atomic mass is 16.5. The topological polar surface area (TPSA) is 73.3 Å². The summed E-state index contributed by atoms with van der Waals surface area (Å²) in [6, 6.07) is 6.02. The summed E-state index contributed by atoms with van der Waals surface area (Å²) in [5, 5.41) is 3.17. The number of unbranched alkanes of at least 4 members (excludes halogenated alkanes) is 2. The maximum absolute atomic E-state index is 5.68. The molecule has 98 valence electrons. The van der Waals surface area contributed by atoms with Gasteiger partial charge in [-0.25, -0.2) is 0 Å². The summed E-state index contributed by atoms with van der Waals surface area (Å²) in [6.07, 6.45) is 3.29. The van der Waals surface area contributed by atoms with Crippen LogP contribution in [0.3, 0.4) is 0 Å². The quantitative estimate of drug-likeness (QED) is 0.583. The maximum Gasteiger partial charge on any atom is 0.295 e. The highest BCUT2D eigenvalue weighted by Crippen LogP contribution is 2.20. The summed E-state index contributed by atoms with van der Waals surface area (Å²) in [5.74, 6) is 0. The van der Waals surface area contributed by atoms with Crippen LogP contribution >= 0.6 is 0 Å². The lowest BCUT2D eigenvalue weighted by Crippen LogP contribution is -2.02. The number of benzene rings is 1. The number of hydrogen-bond donors (Lipinski definition) is 2. The Morgan fingerprint density at radius 1 is 1.33 bits per heavy atom. The van der Waals surface area contributed by atoms with Crippen molar-refractivity contribution in [3.8, 4) is 0 Å². The minimum Gasteiger partial charge on any atom is -0.423 e. The molecular formula is C13H19N3O2. The average molecular weight is 249 g/mol. The van der Waals surface area contributed by atoms with Crippen LogP contribution in [0.2, 0.25) is 0 Å². The minimum atomic E-state index is 0.558. The van der Waals surface area contributed by atoms with Gasteiger partial charge in [0.1, 0.15) is 5.52 Å². The van der Waals surface area contributed by atoms with Gasteiger partial charge in [-0.2, -0.15) is 4.98 Å². The number of anilines is 2. The van der Waals surface area contributed by atoms with Crippen molar-refractivity contribution < 1.29 is 9.15 Å². The third-order valence-corrected chi connectivity index (χ3v) is 2.71. The van der Waals surface area contributed by atoms with E-state index in [2.05, 4.69) is 10.3 Å². The van der Waals surface area contributed by atoms with E-state index >= 15 is 0 Å². The number of nitrogens with two attached hydrogens (primary N) is 1. The van der Waals surface area contributed by atoms with Gasteiger partial charge in [-0.05, 0) is 31.4 Å². The number of nitrogen functional groups attached to an aromatic ring is 1. The van der Waals surface area contributed by atoms with E-state index in [0.717, 1.165) is 43.5 Å². The average Bonchev–Trinajstić information content (AvgIpc) is 2.75. The number of nitrogens with one attached hydrogen (secondary N) is 1. The van der Waals surface area contributed by atoms with Crippen molar-refractivity contribution in [1.29, 1.82) is 0 Å². The zero-order chi connectivity index (χ0) is 12.8. The fourth-order valence-corrected chi connectivity index (χ4v) is 1.76. The van der Waals surface area contributed by atoms with Crippen molar-refractivity contribution in [2.24, 2.45) is 0 Å². The van der Waals surface area contributed by atoms with Gasteiger partial charge in [0.05, 0.1) is 0 Å². The van der Waals surface area contributed by atoms with Crippen molar-refractivity contribution in [2.75, 3.05) is 31.3 Å². The molecule has 2 aromatic rings. The Morgan fingerprint density at radius 2 is 2.22 bits per heavy atom. The number of aromatic nitrogens is 1. The molecule has 18 heavy (non-hydrogen) atoms. The molecule has 5 heteroatoms. The van der Waals surface area contributed by atoms with Crippen LogP contribution in [-0.4, -0.2) is 25.2 Å². The van der Waals surface area contributed by atoms with E-state index in [-0.39, 0.29) is 0 Å². The predicted octanol–water partition coefficient (Wildman–Crippen LogP) is 2.64. The number of nitrogens with zero attached hydrogens (tertiary/aromatic N) is 1. The molecule has 3 N–H and O–H groups in total. The normalized spacial score (nSPS) is 10.9. The van der Waals surface area contributed by atoms with E-state index in [4.69, 9.17) is 14.9 Å². The Balaban J connectivity index is 1.81. The standard InChI is InChI=1S/C13H19N3O2/c1-17-8-4-2-3-7-15-13-16-11-6-5-10(14)9-12(11)18-13/h5-6,9H,2-4,7-8,14H2,1H3,(H,15,16). The van der Waals surface area contributed by atoms with Gasteiger partial charge in [-0.1, -0.05) is 0 Å². The van der Waals surface area contributed by atoms with Gasteiger partial charge < -0.3 is 20.2 Å². The zero-order valence-corrected chi connectivity index (χ0v) is 10.6. The molecule has 0 atom stereocenters. The third kappa shape index (κ3) is 3.37. The first-order valence-corrected chi connectivity index (χ1v) is 6.18. The molecule has 2 rings (SSSR count). The number of oxazole rings is 1. The third-order valence-electron chi connectivity index (χ3n) is 2.71. The van der Waals surface area contributed by atoms with Crippen molar-refractivity contribution in [3.05, 3.63) is 18.2 Å². The Morgan fingerprint density at radius 3 is 3.06 bits per heavy atom. The van der Waals surface area contributed by atoms with E-state index in [9.17, 15) is 0 Å². The molecule has 0 aliphatic heterocycles. The molecular weight excluding hydrogens is 230 g/mol. The molecule has 0 unspecified atom stereocenters. The Kier molecular flexibility index (Phi) is 4.41. The molecule has 0 amide bonds. The molecule has 0 radical (unpaired) electrons. The largest absolute Gasteiger partial charge is 0.423 e. The second-order valence-corrected chi connectivity index (χ2v) is 4.23. The molecule has 0 aliphatic rings. The fraction of sp³-hybridized carbons (Fsp3) is 0.462. The number of ether oxygens (including phenoxy) is 1. The SMILES string of the molecule is COCCCCCNc1nc2ccc(N)cc2o1. The molecule has 0 saturated heterocycles. The zero-order valence-electron chi connectivity index (χ0n) is 10.6. The highest BCUT2D eigenvalue weighted by molar-refractivity contribution is 5.77. The second-order valence-electron chi connectivity index (χ2n) is 4.23. The molecule has 0 spiro atoms. The Bertz CT molecular complexity index is 496. The Labute approximate surface area is 106 Å². The molecule has 1 aromatic carbocycles. The summed E-state index contributed by atoms with van der Waals surface area (Å²) in [4.78, 5) is 4.33. The van der Waals surface area contributed by atoms with Crippen LogP contribution < -0.4 is 11.1 Å². The fourth-order valence-electron chi connectivity index (χ4n) is 1.76. The first-order chi connectivity index (χ1) is 8.79. The van der Waals surface area contributed by atoms with Crippen LogP contribution in [0.4, 0.5) is 11.7 Å². The lowest BCUT2D eigenvalue weighted by atomic mass is 10.2. The van der Waals surface area contributed by atoms with Crippen LogP contribution in [0, 0.1) is 0 Å². The van der Waals surface area contributed by atoms with E-state index in [1.165, 1.54) is 0 Å². The number of rotatable bonds is 7. The van der Waals surface area contributed by atoms with Crippen molar-refractivity contribution in [1.82, 2.24) is 4.98 Å². The Hall–Kier alpha value is -1.75. The van der Waals surface area contributed by atoms with Gasteiger partial charge in [0, 0.05) is 32.0 Å². The summed E-state index contributed by atoms with van der Waals surface area (Å²) in [6.45, 7) is 1.67. The van der Waals surface area contributed by atoms with Crippen molar-refractivity contribution in [2.45, 2.75) is 19.3 Å². The van der Waals surface area contributed by atoms with E-state index in [0.29, 0.717) is 11.7 Å². The lowest BCUT2D eigenvalue weighted by Gasteiger charge is -2.01. The molecule has 5 nitrogen and oxygen atoms in total. The number of hydrogen-bond acceptors (Lipinski definition) is 5. The van der Waals surface area contributed by atoms with Crippen LogP contribution in [0.1, 0.15) is 19.3 Å². The molecule has 1 aromatic heterocycles.